The van der Waals surface area contributed by atoms with Gasteiger partial charge in [-0.15, -0.1) is 0 Å². The summed E-state index contributed by atoms with van der Waals surface area (Å²) in [6, 6.07) is 18.4. The Morgan fingerprint density at radius 1 is 1.07 bits per heavy atom. The van der Waals surface area contributed by atoms with E-state index in [2.05, 4.69) is 34.9 Å². The van der Waals surface area contributed by atoms with Gasteiger partial charge in [0, 0.05) is 25.7 Å². The fourth-order valence-electron chi connectivity index (χ4n) is 4.42. The molecular formula is C24H29N3O2. The van der Waals surface area contributed by atoms with Crippen LogP contribution < -0.4 is 10.6 Å². The highest BCUT2D eigenvalue weighted by Gasteiger charge is 2.29. The summed E-state index contributed by atoms with van der Waals surface area (Å²) >= 11 is 0. The minimum absolute atomic E-state index is 0.0621. The number of carbonyl (C=O) groups excluding carboxylic acids is 2. The Bertz CT molecular complexity index is 852. The number of rotatable bonds is 5. The number of likely N-dealkylation sites (tertiary alicyclic amines) is 1. The quantitative estimate of drug-likeness (QED) is 0.823. The van der Waals surface area contributed by atoms with Gasteiger partial charge in [-0.25, -0.2) is 0 Å². The van der Waals surface area contributed by atoms with Crippen molar-refractivity contribution in [3.05, 3.63) is 71.3 Å². The minimum Gasteiger partial charge on any atom is -0.354 e. The highest BCUT2D eigenvalue weighted by molar-refractivity contribution is 5.82. The highest BCUT2D eigenvalue weighted by Crippen LogP contribution is 2.23. The standard InChI is InChI=1S/C24H29N3O2/c28-23(15-18-7-2-1-3-8-18)27-14-6-10-20(17-27)24(29)26-16-22-21-11-5-4-9-19(21)12-13-25-22/h1-5,7-9,11,20,22,25H,6,10,12-17H2,(H,26,29). The first-order valence-corrected chi connectivity index (χ1v) is 10.6. The Balaban J connectivity index is 1.31. The maximum atomic E-state index is 12.8. The summed E-state index contributed by atoms with van der Waals surface area (Å²) in [4.78, 5) is 27.3. The summed E-state index contributed by atoms with van der Waals surface area (Å²) in [5.41, 5.74) is 3.66. The molecule has 4 rings (SSSR count). The average molecular weight is 392 g/mol. The molecule has 0 saturated carbocycles. The van der Waals surface area contributed by atoms with E-state index in [-0.39, 0.29) is 23.8 Å². The second-order valence-corrected chi connectivity index (χ2v) is 8.04. The molecule has 2 amide bonds. The van der Waals surface area contributed by atoms with Crippen LogP contribution in [0.4, 0.5) is 0 Å². The van der Waals surface area contributed by atoms with Gasteiger partial charge in [0.25, 0.3) is 0 Å². The van der Waals surface area contributed by atoms with Crippen molar-refractivity contribution < 1.29 is 9.59 Å². The fourth-order valence-corrected chi connectivity index (χ4v) is 4.42. The summed E-state index contributed by atoms with van der Waals surface area (Å²) in [5.74, 6) is 0.0472. The van der Waals surface area contributed by atoms with Gasteiger partial charge in [-0.3, -0.25) is 9.59 Å². The van der Waals surface area contributed by atoms with E-state index < -0.39 is 0 Å². The van der Waals surface area contributed by atoms with Crippen molar-refractivity contribution in [1.82, 2.24) is 15.5 Å². The van der Waals surface area contributed by atoms with Gasteiger partial charge in [0.05, 0.1) is 12.3 Å². The molecule has 2 aromatic carbocycles. The highest BCUT2D eigenvalue weighted by atomic mass is 16.2. The molecule has 2 atom stereocenters. The second-order valence-electron chi connectivity index (χ2n) is 8.04. The molecule has 0 radical (unpaired) electrons. The van der Waals surface area contributed by atoms with Crippen LogP contribution in [0.2, 0.25) is 0 Å². The van der Waals surface area contributed by atoms with E-state index in [0.29, 0.717) is 19.5 Å². The predicted molar refractivity (Wildman–Crippen MR) is 113 cm³/mol. The molecule has 2 heterocycles. The molecule has 5 heteroatoms. The van der Waals surface area contributed by atoms with Crippen LogP contribution in [-0.4, -0.2) is 42.9 Å². The number of piperidine rings is 1. The first-order chi connectivity index (χ1) is 14.2. The number of benzene rings is 2. The molecule has 0 aliphatic carbocycles. The molecule has 1 saturated heterocycles. The normalized spacial score (nSPS) is 21.3. The number of hydrogen-bond donors (Lipinski definition) is 2. The van der Waals surface area contributed by atoms with Crippen molar-refractivity contribution >= 4 is 11.8 Å². The molecule has 2 N–H and O–H groups in total. The molecule has 0 bridgehead atoms. The van der Waals surface area contributed by atoms with Crippen LogP contribution in [0.3, 0.4) is 0 Å². The molecule has 0 aromatic heterocycles. The van der Waals surface area contributed by atoms with Gasteiger partial charge in [-0.1, -0.05) is 54.6 Å². The Kier molecular flexibility index (Phi) is 6.25. The van der Waals surface area contributed by atoms with Crippen LogP contribution in [0.5, 0.6) is 0 Å². The molecule has 5 nitrogen and oxygen atoms in total. The Morgan fingerprint density at radius 2 is 1.86 bits per heavy atom. The van der Waals surface area contributed by atoms with E-state index >= 15 is 0 Å². The van der Waals surface area contributed by atoms with E-state index in [1.165, 1.54) is 11.1 Å². The van der Waals surface area contributed by atoms with Gasteiger partial charge < -0.3 is 15.5 Å². The van der Waals surface area contributed by atoms with Gasteiger partial charge >= 0.3 is 0 Å². The fraction of sp³-hybridized carbons (Fsp3) is 0.417. The van der Waals surface area contributed by atoms with E-state index in [4.69, 9.17) is 0 Å². The van der Waals surface area contributed by atoms with Crippen molar-refractivity contribution in [2.45, 2.75) is 31.7 Å². The van der Waals surface area contributed by atoms with Crippen molar-refractivity contribution in [2.75, 3.05) is 26.2 Å². The molecule has 29 heavy (non-hydrogen) atoms. The Hall–Kier alpha value is -2.66. The predicted octanol–water partition coefficient (Wildman–Crippen LogP) is 2.47. The third kappa shape index (κ3) is 4.85. The molecule has 2 unspecified atom stereocenters. The lowest BCUT2D eigenvalue weighted by Gasteiger charge is -2.33. The third-order valence-electron chi connectivity index (χ3n) is 6.04. The van der Waals surface area contributed by atoms with Gasteiger partial charge in [0.2, 0.25) is 11.8 Å². The molecule has 2 aliphatic heterocycles. The van der Waals surface area contributed by atoms with Gasteiger partial charge in [0.1, 0.15) is 0 Å². The number of fused-ring (bicyclic) bond motifs is 1. The molecule has 152 valence electrons. The van der Waals surface area contributed by atoms with Crippen LogP contribution >= 0.6 is 0 Å². The van der Waals surface area contributed by atoms with Crippen LogP contribution in [0.25, 0.3) is 0 Å². The summed E-state index contributed by atoms with van der Waals surface area (Å²) in [6.45, 7) is 2.78. The zero-order valence-corrected chi connectivity index (χ0v) is 16.8. The smallest absolute Gasteiger partial charge is 0.227 e. The lowest BCUT2D eigenvalue weighted by atomic mass is 9.93. The van der Waals surface area contributed by atoms with Gasteiger partial charge in [-0.2, -0.15) is 0 Å². The largest absolute Gasteiger partial charge is 0.354 e. The molecule has 2 aromatic rings. The van der Waals surface area contributed by atoms with Crippen LogP contribution in [0.1, 0.15) is 35.6 Å². The zero-order valence-electron chi connectivity index (χ0n) is 16.8. The van der Waals surface area contributed by atoms with E-state index in [9.17, 15) is 9.59 Å². The van der Waals surface area contributed by atoms with Gasteiger partial charge in [-0.05, 0) is 42.5 Å². The van der Waals surface area contributed by atoms with Crippen molar-refractivity contribution in [3.63, 3.8) is 0 Å². The van der Waals surface area contributed by atoms with Crippen LogP contribution in [-0.2, 0) is 22.4 Å². The number of nitrogens with one attached hydrogen (secondary N) is 2. The van der Waals surface area contributed by atoms with Crippen LogP contribution in [0.15, 0.2) is 54.6 Å². The SMILES string of the molecule is O=C(NCC1NCCc2ccccc21)C1CCCN(C(=O)Cc2ccccc2)C1. The number of hydrogen-bond acceptors (Lipinski definition) is 3. The molecule has 0 spiro atoms. The van der Waals surface area contributed by atoms with E-state index in [1.807, 2.05) is 35.2 Å². The lowest BCUT2D eigenvalue weighted by Crippen LogP contribution is -2.47. The number of carbonyl (C=O) groups is 2. The lowest BCUT2D eigenvalue weighted by molar-refractivity contribution is -0.135. The molecule has 1 fully saturated rings. The molecular weight excluding hydrogens is 362 g/mol. The number of nitrogens with zero attached hydrogens (tertiary/aromatic N) is 1. The van der Waals surface area contributed by atoms with Crippen LogP contribution in [0, 0.1) is 5.92 Å². The topological polar surface area (TPSA) is 61.4 Å². The minimum atomic E-state index is -0.123. The second kappa shape index (κ2) is 9.23. The van der Waals surface area contributed by atoms with Crippen molar-refractivity contribution in [1.29, 1.82) is 0 Å². The monoisotopic (exact) mass is 391 g/mol. The van der Waals surface area contributed by atoms with E-state index in [0.717, 1.165) is 37.9 Å². The maximum Gasteiger partial charge on any atom is 0.227 e. The first kappa shape index (κ1) is 19.6. The summed E-state index contributed by atoms with van der Waals surface area (Å²) < 4.78 is 0. The average Bonchev–Trinajstić information content (AvgIpc) is 2.78. The third-order valence-corrected chi connectivity index (χ3v) is 6.04. The summed E-state index contributed by atoms with van der Waals surface area (Å²) in [7, 11) is 0. The number of amides is 2. The Morgan fingerprint density at radius 3 is 2.72 bits per heavy atom. The van der Waals surface area contributed by atoms with Crippen molar-refractivity contribution in [3.8, 4) is 0 Å². The van der Waals surface area contributed by atoms with E-state index in [1.54, 1.807) is 0 Å². The maximum absolute atomic E-state index is 12.8. The molecule has 2 aliphatic rings. The van der Waals surface area contributed by atoms with Gasteiger partial charge in [0.15, 0.2) is 0 Å². The van der Waals surface area contributed by atoms with Crippen molar-refractivity contribution in [2.24, 2.45) is 5.92 Å². The summed E-state index contributed by atoms with van der Waals surface area (Å²) in [6.07, 6.45) is 3.15. The first-order valence-electron chi connectivity index (χ1n) is 10.6. The Labute approximate surface area is 172 Å². The summed E-state index contributed by atoms with van der Waals surface area (Å²) in [5, 5.41) is 6.64. The zero-order chi connectivity index (χ0) is 20.1.